The SMILES string of the molecule is CC(=O)NCCNc1ccc(-c2nc(-c3ccccc3C)no2)cn1. The van der Waals surface area contributed by atoms with Crippen LogP contribution in [0.4, 0.5) is 5.82 Å². The van der Waals surface area contributed by atoms with Gasteiger partial charge < -0.3 is 15.2 Å². The lowest BCUT2D eigenvalue weighted by Crippen LogP contribution is -2.26. The molecule has 25 heavy (non-hydrogen) atoms. The summed E-state index contributed by atoms with van der Waals surface area (Å²) in [5, 5.41) is 9.89. The van der Waals surface area contributed by atoms with E-state index in [-0.39, 0.29) is 5.91 Å². The van der Waals surface area contributed by atoms with E-state index in [0.717, 1.165) is 16.7 Å². The summed E-state index contributed by atoms with van der Waals surface area (Å²) in [6.45, 7) is 4.64. The molecule has 2 heterocycles. The first-order valence-corrected chi connectivity index (χ1v) is 7.98. The van der Waals surface area contributed by atoms with Gasteiger partial charge in [-0.05, 0) is 24.6 Å². The molecule has 0 radical (unpaired) electrons. The van der Waals surface area contributed by atoms with Crippen molar-refractivity contribution < 1.29 is 9.32 Å². The van der Waals surface area contributed by atoms with Crippen LogP contribution in [0.2, 0.25) is 0 Å². The average molecular weight is 337 g/mol. The fourth-order valence-electron chi connectivity index (χ4n) is 2.33. The van der Waals surface area contributed by atoms with Crippen molar-refractivity contribution in [3.8, 4) is 22.8 Å². The number of aromatic nitrogens is 3. The van der Waals surface area contributed by atoms with E-state index >= 15 is 0 Å². The molecular weight excluding hydrogens is 318 g/mol. The Morgan fingerprint density at radius 2 is 2.00 bits per heavy atom. The smallest absolute Gasteiger partial charge is 0.259 e. The predicted octanol–water partition coefficient (Wildman–Crippen LogP) is 2.66. The minimum Gasteiger partial charge on any atom is -0.368 e. The number of benzene rings is 1. The fourth-order valence-corrected chi connectivity index (χ4v) is 2.33. The lowest BCUT2D eigenvalue weighted by Gasteiger charge is -2.05. The number of amides is 1. The molecule has 0 fully saturated rings. The van der Waals surface area contributed by atoms with Gasteiger partial charge in [-0.1, -0.05) is 29.4 Å². The van der Waals surface area contributed by atoms with E-state index in [2.05, 4.69) is 25.8 Å². The minimum atomic E-state index is -0.0500. The summed E-state index contributed by atoms with van der Waals surface area (Å²) in [4.78, 5) is 19.6. The maximum absolute atomic E-state index is 10.8. The van der Waals surface area contributed by atoms with Crippen LogP contribution in [0, 0.1) is 6.92 Å². The summed E-state index contributed by atoms with van der Waals surface area (Å²) >= 11 is 0. The summed E-state index contributed by atoms with van der Waals surface area (Å²) in [5.74, 6) is 1.65. The highest BCUT2D eigenvalue weighted by atomic mass is 16.5. The third-order valence-corrected chi connectivity index (χ3v) is 3.63. The number of nitrogens with one attached hydrogen (secondary N) is 2. The second kappa shape index (κ2) is 7.57. The molecule has 0 bridgehead atoms. The van der Waals surface area contributed by atoms with Gasteiger partial charge in [0.1, 0.15) is 5.82 Å². The van der Waals surface area contributed by atoms with E-state index < -0.39 is 0 Å². The van der Waals surface area contributed by atoms with Gasteiger partial charge in [0.25, 0.3) is 5.89 Å². The first-order valence-electron chi connectivity index (χ1n) is 7.98. The van der Waals surface area contributed by atoms with Crippen LogP contribution in [0.25, 0.3) is 22.8 Å². The van der Waals surface area contributed by atoms with Crippen LogP contribution in [0.3, 0.4) is 0 Å². The summed E-state index contributed by atoms with van der Waals surface area (Å²) in [5.41, 5.74) is 2.79. The van der Waals surface area contributed by atoms with E-state index in [0.29, 0.717) is 30.6 Å². The lowest BCUT2D eigenvalue weighted by molar-refractivity contribution is -0.118. The topological polar surface area (TPSA) is 92.9 Å². The highest BCUT2D eigenvalue weighted by Crippen LogP contribution is 2.24. The Kier molecular flexibility index (Phi) is 5.03. The maximum Gasteiger partial charge on any atom is 0.259 e. The molecule has 0 saturated carbocycles. The molecule has 3 rings (SSSR count). The van der Waals surface area contributed by atoms with Crippen LogP contribution in [0.15, 0.2) is 47.1 Å². The van der Waals surface area contributed by atoms with Crippen LogP contribution in [0.1, 0.15) is 12.5 Å². The quantitative estimate of drug-likeness (QED) is 0.672. The van der Waals surface area contributed by atoms with E-state index in [1.165, 1.54) is 6.92 Å². The first-order chi connectivity index (χ1) is 12.1. The average Bonchev–Trinajstić information content (AvgIpc) is 3.09. The Labute approximate surface area is 145 Å². The maximum atomic E-state index is 10.8. The number of hydrogen-bond acceptors (Lipinski definition) is 6. The van der Waals surface area contributed by atoms with Crippen molar-refractivity contribution in [2.45, 2.75) is 13.8 Å². The van der Waals surface area contributed by atoms with Gasteiger partial charge in [-0.2, -0.15) is 4.98 Å². The minimum absolute atomic E-state index is 0.0500. The number of hydrogen-bond donors (Lipinski definition) is 2. The van der Waals surface area contributed by atoms with E-state index in [9.17, 15) is 4.79 Å². The molecule has 0 saturated heterocycles. The zero-order chi connectivity index (χ0) is 17.6. The molecule has 3 aromatic rings. The number of rotatable bonds is 6. The molecule has 7 heteroatoms. The lowest BCUT2D eigenvalue weighted by atomic mass is 10.1. The number of aryl methyl sites for hydroxylation is 1. The van der Waals surface area contributed by atoms with Gasteiger partial charge in [-0.15, -0.1) is 0 Å². The van der Waals surface area contributed by atoms with Crippen LogP contribution in [-0.2, 0) is 4.79 Å². The van der Waals surface area contributed by atoms with Crippen LogP contribution in [0.5, 0.6) is 0 Å². The number of nitrogens with zero attached hydrogens (tertiary/aromatic N) is 3. The predicted molar refractivity (Wildman–Crippen MR) is 94.9 cm³/mol. The highest BCUT2D eigenvalue weighted by Gasteiger charge is 2.12. The molecule has 1 aromatic carbocycles. The fraction of sp³-hybridized carbons (Fsp3) is 0.222. The molecule has 2 aromatic heterocycles. The van der Waals surface area contributed by atoms with E-state index in [4.69, 9.17) is 4.52 Å². The molecule has 0 aliphatic heterocycles. The third-order valence-electron chi connectivity index (χ3n) is 3.63. The molecule has 7 nitrogen and oxygen atoms in total. The molecule has 2 N–H and O–H groups in total. The van der Waals surface area contributed by atoms with Crippen LogP contribution >= 0.6 is 0 Å². The standard InChI is InChI=1S/C18H19N5O2/c1-12-5-3-4-6-15(12)17-22-18(25-23-17)14-7-8-16(21-11-14)20-10-9-19-13(2)24/h3-8,11H,9-10H2,1-2H3,(H,19,24)(H,20,21). The van der Waals surface area contributed by atoms with E-state index in [1.807, 2.05) is 43.3 Å². The number of carbonyl (C=O) groups is 1. The van der Waals surface area contributed by atoms with E-state index in [1.54, 1.807) is 6.20 Å². The Morgan fingerprint density at radius 1 is 1.16 bits per heavy atom. The summed E-state index contributed by atoms with van der Waals surface area (Å²) in [6.07, 6.45) is 1.68. The molecule has 0 aliphatic carbocycles. The summed E-state index contributed by atoms with van der Waals surface area (Å²) in [6, 6.07) is 11.6. The van der Waals surface area contributed by atoms with Gasteiger partial charge in [-0.25, -0.2) is 4.98 Å². The first kappa shape index (κ1) is 16.6. The molecular formula is C18H19N5O2. The van der Waals surface area contributed by atoms with Gasteiger partial charge in [0.2, 0.25) is 11.7 Å². The second-order valence-corrected chi connectivity index (χ2v) is 5.58. The van der Waals surface area contributed by atoms with Crippen molar-refractivity contribution in [3.63, 3.8) is 0 Å². The van der Waals surface area contributed by atoms with Gasteiger partial charge in [-0.3, -0.25) is 4.79 Å². The van der Waals surface area contributed by atoms with Gasteiger partial charge in [0.05, 0.1) is 5.56 Å². The monoisotopic (exact) mass is 337 g/mol. The Bertz CT molecular complexity index is 858. The molecule has 0 spiro atoms. The Morgan fingerprint density at radius 3 is 2.72 bits per heavy atom. The van der Waals surface area contributed by atoms with Crippen molar-refractivity contribution in [2.24, 2.45) is 0 Å². The Balaban J connectivity index is 1.67. The molecule has 0 aliphatic rings. The highest BCUT2D eigenvalue weighted by molar-refractivity contribution is 5.72. The largest absolute Gasteiger partial charge is 0.368 e. The van der Waals surface area contributed by atoms with Crippen molar-refractivity contribution in [2.75, 3.05) is 18.4 Å². The normalized spacial score (nSPS) is 10.5. The summed E-state index contributed by atoms with van der Waals surface area (Å²) < 4.78 is 5.36. The van der Waals surface area contributed by atoms with Gasteiger partial charge >= 0.3 is 0 Å². The van der Waals surface area contributed by atoms with Crippen LogP contribution < -0.4 is 10.6 Å². The zero-order valence-corrected chi connectivity index (χ0v) is 14.1. The second-order valence-electron chi connectivity index (χ2n) is 5.58. The molecule has 0 unspecified atom stereocenters. The third kappa shape index (κ3) is 4.20. The van der Waals surface area contributed by atoms with Crippen LogP contribution in [-0.4, -0.2) is 34.1 Å². The molecule has 0 atom stereocenters. The zero-order valence-electron chi connectivity index (χ0n) is 14.1. The molecule has 128 valence electrons. The number of carbonyl (C=O) groups excluding carboxylic acids is 1. The van der Waals surface area contributed by atoms with Crippen molar-refractivity contribution in [1.29, 1.82) is 0 Å². The Hall–Kier alpha value is -3.22. The van der Waals surface area contributed by atoms with Crippen molar-refractivity contribution >= 4 is 11.7 Å². The van der Waals surface area contributed by atoms with Gasteiger partial charge in [0, 0.05) is 31.8 Å². The molecule has 1 amide bonds. The summed E-state index contributed by atoms with van der Waals surface area (Å²) in [7, 11) is 0. The number of anilines is 1. The van der Waals surface area contributed by atoms with Crippen molar-refractivity contribution in [1.82, 2.24) is 20.4 Å². The van der Waals surface area contributed by atoms with Crippen molar-refractivity contribution in [3.05, 3.63) is 48.2 Å². The number of pyridine rings is 1. The van der Waals surface area contributed by atoms with Gasteiger partial charge in [0.15, 0.2) is 0 Å².